The Morgan fingerprint density at radius 3 is 2.06 bits per heavy atom. The summed E-state index contributed by atoms with van der Waals surface area (Å²) >= 11 is 0. The zero-order valence-electron chi connectivity index (χ0n) is 10.3. The van der Waals surface area contributed by atoms with Crippen molar-refractivity contribution in [2.24, 2.45) is 11.1 Å². The predicted molar refractivity (Wildman–Crippen MR) is 60.7 cm³/mol. The van der Waals surface area contributed by atoms with Gasteiger partial charge in [0.2, 0.25) is 5.91 Å². The van der Waals surface area contributed by atoms with Crippen LogP contribution < -0.4 is 11.1 Å². The van der Waals surface area contributed by atoms with Gasteiger partial charge in [-0.25, -0.2) is 0 Å². The molecular formula is C12H19F3N2O. The Labute approximate surface area is 104 Å². The monoisotopic (exact) mass is 264 g/mol. The van der Waals surface area contributed by atoms with Crippen molar-refractivity contribution in [3.8, 4) is 0 Å². The van der Waals surface area contributed by atoms with Crippen LogP contribution in [0.2, 0.25) is 0 Å². The van der Waals surface area contributed by atoms with Gasteiger partial charge in [0, 0.05) is 6.54 Å². The molecule has 0 saturated heterocycles. The number of nitrogens with two attached hydrogens (primary N) is 1. The number of alkyl halides is 3. The Morgan fingerprint density at radius 1 is 1.11 bits per heavy atom. The third-order valence-electron chi connectivity index (χ3n) is 4.33. The lowest BCUT2D eigenvalue weighted by Gasteiger charge is -2.36. The van der Waals surface area contributed by atoms with E-state index in [1.54, 1.807) is 0 Å². The molecule has 6 heteroatoms. The fourth-order valence-electron chi connectivity index (χ4n) is 2.71. The standard InChI is InChI=1S/C12H19F3N2O/c13-12(14,15)11(6-7-11)17-9(18)10(8-16)4-2-1-3-5-10/h1-8,16H2,(H,17,18). The van der Waals surface area contributed by atoms with Crippen LogP contribution in [0.1, 0.15) is 44.9 Å². The van der Waals surface area contributed by atoms with Crippen molar-refractivity contribution >= 4 is 5.91 Å². The van der Waals surface area contributed by atoms with Gasteiger partial charge in [-0.2, -0.15) is 13.2 Å². The van der Waals surface area contributed by atoms with E-state index in [-0.39, 0.29) is 19.4 Å². The molecule has 0 aromatic heterocycles. The third kappa shape index (κ3) is 2.22. The molecular weight excluding hydrogens is 245 g/mol. The van der Waals surface area contributed by atoms with E-state index in [2.05, 4.69) is 5.32 Å². The topological polar surface area (TPSA) is 55.1 Å². The van der Waals surface area contributed by atoms with Gasteiger partial charge in [-0.15, -0.1) is 0 Å². The number of amides is 1. The van der Waals surface area contributed by atoms with Crippen molar-refractivity contribution in [1.29, 1.82) is 0 Å². The number of nitrogens with one attached hydrogen (secondary N) is 1. The maximum Gasteiger partial charge on any atom is 0.411 e. The van der Waals surface area contributed by atoms with Crippen molar-refractivity contribution in [2.75, 3.05) is 6.54 Å². The first-order valence-electron chi connectivity index (χ1n) is 6.45. The van der Waals surface area contributed by atoms with Crippen molar-refractivity contribution in [3.63, 3.8) is 0 Å². The van der Waals surface area contributed by atoms with Crippen LogP contribution in [0.4, 0.5) is 13.2 Å². The summed E-state index contributed by atoms with van der Waals surface area (Å²) in [5.41, 5.74) is 2.90. The second kappa shape index (κ2) is 4.40. The summed E-state index contributed by atoms with van der Waals surface area (Å²) in [5, 5.41) is 2.22. The molecule has 2 fully saturated rings. The zero-order chi connectivity index (χ0) is 13.4. The van der Waals surface area contributed by atoms with Crippen molar-refractivity contribution in [3.05, 3.63) is 0 Å². The van der Waals surface area contributed by atoms with Gasteiger partial charge in [0.25, 0.3) is 0 Å². The summed E-state index contributed by atoms with van der Waals surface area (Å²) < 4.78 is 38.4. The van der Waals surface area contributed by atoms with E-state index >= 15 is 0 Å². The van der Waals surface area contributed by atoms with Crippen LogP contribution in [0.3, 0.4) is 0 Å². The Balaban J connectivity index is 2.07. The van der Waals surface area contributed by atoms with E-state index in [0.29, 0.717) is 12.8 Å². The summed E-state index contributed by atoms with van der Waals surface area (Å²) in [7, 11) is 0. The number of hydrogen-bond acceptors (Lipinski definition) is 2. The first-order chi connectivity index (χ1) is 8.35. The van der Waals surface area contributed by atoms with Gasteiger partial charge in [-0.1, -0.05) is 19.3 Å². The molecule has 2 rings (SSSR count). The Bertz CT molecular complexity index is 331. The number of rotatable bonds is 3. The van der Waals surface area contributed by atoms with Gasteiger partial charge < -0.3 is 11.1 Å². The highest BCUT2D eigenvalue weighted by Crippen LogP contribution is 2.50. The molecule has 0 radical (unpaired) electrons. The van der Waals surface area contributed by atoms with Gasteiger partial charge in [0.1, 0.15) is 5.54 Å². The van der Waals surface area contributed by atoms with Crippen LogP contribution in [0.25, 0.3) is 0 Å². The normalized spacial score (nSPS) is 25.6. The molecule has 1 amide bonds. The lowest BCUT2D eigenvalue weighted by molar-refractivity contribution is -0.173. The molecule has 2 saturated carbocycles. The zero-order valence-corrected chi connectivity index (χ0v) is 10.3. The van der Waals surface area contributed by atoms with Gasteiger partial charge >= 0.3 is 6.18 Å². The maximum atomic E-state index is 12.8. The summed E-state index contributed by atoms with van der Waals surface area (Å²) in [6.45, 7) is 0.132. The van der Waals surface area contributed by atoms with E-state index in [1.165, 1.54) is 0 Å². The van der Waals surface area contributed by atoms with Crippen LogP contribution in [-0.2, 0) is 4.79 Å². The largest absolute Gasteiger partial charge is 0.411 e. The van der Waals surface area contributed by atoms with Gasteiger partial charge in [-0.3, -0.25) is 4.79 Å². The summed E-state index contributed by atoms with van der Waals surface area (Å²) in [6.07, 6.45) is -0.418. The van der Waals surface area contributed by atoms with Gasteiger partial charge in [0.15, 0.2) is 0 Å². The van der Waals surface area contributed by atoms with E-state index in [4.69, 9.17) is 5.73 Å². The highest BCUT2D eigenvalue weighted by Gasteiger charge is 2.65. The first kappa shape index (κ1) is 13.6. The second-order valence-corrected chi connectivity index (χ2v) is 5.58. The molecule has 0 bridgehead atoms. The molecule has 0 atom stereocenters. The minimum atomic E-state index is -4.35. The number of carbonyl (C=O) groups excluding carboxylic acids is 1. The van der Waals surface area contributed by atoms with Crippen LogP contribution in [0.5, 0.6) is 0 Å². The molecule has 104 valence electrons. The fourth-order valence-corrected chi connectivity index (χ4v) is 2.71. The van der Waals surface area contributed by atoms with E-state index in [0.717, 1.165) is 19.3 Å². The fraction of sp³-hybridized carbons (Fsp3) is 0.917. The molecule has 2 aliphatic carbocycles. The van der Waals surface area contributed by atoms with E-state index < -0.39 is 23.0 Å². The van der Waals surface area contributed by atoms with Crippen molar-refractivity contribution in [1.82, 2.24) is 5.32 Å². The van der Waals surface area contributed by atoms with Crippen molar-refractivity contribution in [2.45, 2.75) is 56.7 Å². The average Bonchev–Trinajstić information content (AvgIpc) is 3.10. The summed E-state index contributed by atoms with van der Waals surface area (Å²) in [5.74, 6) is -0.500. The lowest BCUT2D eigenvalue weighted by Crippen LogP contribution is -2.55. The van der Waals surface area contributed by atoms with Gasteiger partial charge in [0.05, 0.1) is 5.41 Å². The quantitative estimate of drug-likeness (QED) is 0.820. The lowest BCUT2D eigenvalue weighted by atomic mass is 9.73. The smallest absolute Gasteiger partial charge is 0.341 e. The SMILES string of the molecule is NCC1(C(=O)NC2(C(F)(F)F)CC2)CCCCC1. The summed E-state index contributed by atoms with van der Waals surface area (Å²) in [4.78, 5) is 12.2. The first-order valence-corrected chi connectivity index (χ1v) is 6.45. The molecule has 0 spiro atoms. The number of hydrogen-bond donors (Lipinski definition) is 2. The number of carbonyl (C=O) groups is 1. The van der Waals surface area contributed by atoms with E-state index in [1.807, 2.05) is 0 Å². The van der Waals surface area contributed by atoms with E-state index in [9.17, 15) is 18.0 Å². The molecule has 0 heterocycles. The maximum absolute atomic E-state index is 12.8. The van der Waals surface area contributed by atoms with Crippen LogP contribution in [0, 0.1) is 5.41 Å². The number of halogens is 3. The average molecular weight is 264 g/mol. The highest BCUT2D eigenvalue weighted by molar-refractivity contribution is 5.84. The second-order valence-electron chi connectivity index (χ2n) is 5.58. The van der Waals surface area contributed by atoms with Crippen molar-refractivity contribution < 1.29 is 18.0 Å². The van der Waals surface area contributed by atoms with Crippen LogP contribution >= 0.6 is 0 Å². The molecule has 0 aliphatic heterocycles. The van der Waals surface area contributed by atoms with Crippen LogP contribution in [-0.4, -0.2) is 24.2 Å². The minimum Gasteiger partial charge on any atom is -0.341 e. The molecule has 0 aromatic carbocycles. The Hall–Kier alpha value is -0.780. The molecule has 0 aromatic rings. The molecule has 2 aliphatic rings. The molecule has 18 heavy (non-hydrogen) atoms. The predicted octanol–water partition coefficient (Wildman–Crippen LogP) is 2.11. The highest BCUT2D eigenvalue weighted by atomic mass is 19.4. The molecule has 0 unspecified atom stereocenters. The Kier molecular flexibility index (Phi) is 3.34. The minimum absolute atomic E-state index is 0.0110. The van der Waals surface area contributed by atoms with Gasteiger partial charge in [-0.05, 0) is 25.7 Å². The van der Waals surface area contributed by atoms with Crippen LogP contribution in [0.15, 0.2) is 0 Å². The molecule has 3 N–H and O–H groups in total. The summed E-state index contributed by atoms with van der Waals surface area (Å²) in [6, 6.07) is 0. The third-order valence-corrected chi connectivity index (χ3v) is 4.33. The molecule has 3 nitrogen and oxygen atoms in total. The Morgan fingerprint density at radius 2 is 1.67 bits per heavy atom.